The Morgan fingerprint density at radius 3 is 1.67 bits per heavy atom. The summed E-state index contributed by atoms with van der Waals surface area (Å²) in [6, 6.07) is 0. The molecule has 0 radical (unpaired) electrons. The van der Waals surface area contributed by atoms with E-state index in [0.29, 0.717) is 0 Å². The summed E-state index contributed by atoms with van der Waals surface area (Å²) in [5.74, 6) is 0. The van der Waals surface area contributed by atoms with Crippen LogP contribution in [0.4, 0.5) is 0 Å². The molecule has 0 aliphatic rings. The predicted octanol–water partition coefficient (Wildman–Crippen LogP) is -0.723. The number of thiol groups is 1. The van der Waals surface area contributed by atoms with Gasteiger partial charge in [0.05, 0.1) is 0 Å². The van der Waals surface area contributed by atoms with Crippen molar-refractivity contribution in [2.24, 2.45) is 0 Å². The van der Waals surface area contributed by atoms with Crippen molar-refractivity contribution in [2.45, 2.75) is 13.8 Å². The molecule has 0 fully saturated rings. The third-order valence-electron chi connectivity index (χ3n) is 0.447. The Morgan fingerprint density at radius 2 is 1.67 bits per heavy atom. The third kappa shape index (κ3) is 44.5. The van der Waals surface area contributed by atoms with Crippen LogP contribution in [0.5, 0.6) is 0 Å². The molecule has 0 spiro atoms. The predicted molar refractivity (Wildman–Crippen MR) is 47.1 cm³/mol. The Balaban J connectivity index is -0.0000000800. The second-order valence-corrected chi connectivity index (χ2v) is 1.80. The summed E-state index contributed by atoms with van der Waals surface area (Å²) in [4.78, 5) is 0. The maximum Gasteiger partial charge on any atom is 1.00 e. The first-order valence-electron chi connectivity index (χ1n) is 2.54. The summed E-state index contributed by atoms with van der Waals surface area (Å²) >= 11 is 7.61. The second kappa shape index (κ2) is 22.7. The molecule has 4 heteroatoms. The zero-order valence-corrected chi connectivity index (χ0v) is 10.0. The normalized spacial score (nSPS) is 6.11. The zero-order chi connectivity index (χ0) is 6.83. The van der Waals surface area contributed by atoms with Crippen LogP contribution in [0.3, 0.4) is 0 Å². The Hall–Kier alpha value is 1.40. The van der Waals surface area contributed by atoms with Gasteiger partial charge in [-0.3, -0.25) is 0 Å². The molecule has 0 N–H and O–H groups in total. The number of hydrogen-bond donors (Lipinski definition) is 1. The fourth-order valence-electron chi connectivity index (χ4n) is 0.224. The van der Waals surface area contributed by atoms with Crippen molar-refractivity contribution in [1.29, 1.82) is 0 Å². The van der Waals surface area contributed by atoms with Gasteiger partial charge in [-0.25, -0.2) is 0 Å². The number of hydrogen-bond acceptors (Lipinski definition) is 1. The van der Waals surface area contributed by atoms with Gasteiger partial charge in [0, 0.05) is 4.70 Å². The van der Waals surface area contributed by atoms with Crippen LogP contribution < -0.4 is 29.6 Å². The van der Waals surface area contributed by atoms with E-state index < -0.39 is 0 Å². The zero-order valence-electron chi connectivity index (χ0n) is 6.29. The molecule has 1 nitrogen and oxygen atoms in total. The van der Waals surface area contributed by atoms with Crippen LogP contribution in [0.25, 0.3) is 5.32 Å². The molecule has 0 amide bonds. The molecule has 0 unspecified atom stereocenters. The van der Waals surface area contributed by atoms with E-state index in [1.807, 2.05) is 13.8 Å². The average molecular weight is 173 g/mol. The van der Waals surface area contributed by atoms with Crippen LogP contribution >= 0.6 is 24.8 Å². The Bertz CT molecular complexity index is 41.9. The number of nitrogens with zero attached hydrogens (tertiary/aromatic N) is 1. The molecule has 0 rings (SSSR count). The minimum atomic E-state index is 0. The van der Waals surface area contributed by atoms with Crippen LogP contribution in [0.2, 0.25) is 0 Å². The minimum Gasteiger partial charge on any atom is -0.663 e. The van der Waals surface area contributed by atoms with Crippen molar-refractivity contribution < 1.29 is 29.6 Å². The van der Waals surface area contributed by atoms with Gasteiger partial charge in [-0.05, 0) is 0 Å². The molecular weight excluding hydrogens is 161 g/mol. The first-order chi connectivity index (χ1) is 3.83. The molecule has 0 aliphatic heterocycles. The van der Waals surface area contributed by atoms with E-state index in [1.54, 1.807) is 0 Å². The van der Waals surface area contributed by atoms with Gasteiger partial charge in [0.15, 0.2) is 0 Å². The van der Waals surface area contributed by atoms with E-state index in [-0.39, 0.29) is 29.6 Å². The van der Waals surface area contributed by atoms with E-state index in [9.17, 15) is 0 Å². The molecule has 0 heterocycles. The van der Waals surface area contributed by atoms with E-state index in [0.717, 1.165) is 13.1 Å². The van der Waals surface area contributed by atoms with Crippen molar-refractivity contribution in [1.82, 2.24) is 0 Å². The molecule has 0 atom stereocenters. The van der Waals surface area contributed by atoms with E-state index in [2.05, 4.69) is 30.2 Å². The van der Waals surface area contributed by atoms with Crippen molar-refractivity contribution in [3.05, 3.63) is 5.32 Å². The fraction of sp³-hybridized carbons (Fsp3) is 0.800. The summed E-state index contributed by atoms with van der Waals surface area (Å²) in [6.45, 7) is 6.03. The largest absolute Gasteiger partial charge is 1.00 e. The van der Waals surface area contributed by atoms with Gasteiger partial charge in [-0.2, -0.15) is 13.1 Å². The molecule has 0 saturated heterocycles. The molecule has 0 bridgehead atoms. The molecule has 9 heavy (non-hydrogen) atoms. The van der Waals surface area contributed by atoms with E-state index in [4.69, 9.17) is 0 Å². The quantitative estimate of drug-likeness (QED) is 0.330. The second-order valence-electron chi connectivity index (χ2n) is 0.961. The molecule has 0 saturated carbocycles. The van der Waals surface area contributed by atoms with Crippen LogP contribution in [-0.2, 0) is 0 Å². The van der Waals surface area contributed by atoms with Crippen LogP contribution in [-0.4, -0.2) is 17.8 Å². The van der Waals surface area contributed by atoms with Crippen LogP contribution in [0.15, 0.2) is 0 Å². The van der Waals surface area contributed by atoms with Crippen LogP contribution in [0, 0.1) is 0 Å². The molecular formula is C5H12NNaS2. The maximum atomic E-state index is 4.13. The Labute approximate surface area is 90.7 Å². The average Bonchev–Trinajstić information content (AvgIpc) is 1.71. The van der Waals surface area contributed by atoms with Gasteiger partial charge in [-0.15, -0.1) is 12.6 Å². The smallest absolute Gasteiger partial charge is 0.663 e. The van der Waals surface area contributed by atoms with Gasteiger partial charge in [0.25, 0.3) is 0 Å². The van der Waals surface area contributed by atoms with Crippen LogP contribution in [0.1, 0.15) is 13.8 Å². The first kappa shape index (κ1) is 16.8. The first-order valence-corrected chi connectivity index (χ1v) is 3.53. The minimum absolute atomic E-state index is 0. The summed E-state index contributed by atoms with van der Waals surface area (Å²) < 4.78 is 1.28. The molecule has 0 aliphatic carbocycles. The van der Waals surface area contributed by atoms with Crippen molar-refractivity contribution in [3.8, 4) is 0 Å². The summed E-state index contributed by atoms with van der Waals surface area (Å²) in [5, 5.41) is 3.97. The van der Waals surface area contributed by atoms with Crippen molar-refractivity contribution >= 4 is 29.5 Å². The van der Waals surface area contributed by atoms with E-state index in [1.165, 1.54) is 4.70 Å². The fourth-order valence-corrected chi connectivity index (χ4v) is 0.224. The Kier molecular flexibility index (Phi) is 42.4. The van der Waals surface area contributed by atoms with E-state index >= 15 is 0 Å². The van der Waals surface area contributed by atoms with Gasteiger partial charge in [0.1, 0.15) is 0 Å². The molecule has 0 aromatic heterocycles. The van der Waals surface area contributed by atoms with Crippen molar-refractivity contribution in [3.63, 3.8) is 0 Å². The van der Waals surface area contributed by atoms with Gasteiger partial charge >= 0.3 is 29.6 Å². The number of rotatable bonds is 2. The molecule has 0 aromatic rings. The van der Waals surface area contributed by atoms with Crippen molar-refractivity contribution in [2.75, 3.05) is 13.1 Å². The summed E-state index contributed by atoms with van der Waals surface area (Å²) in [7, 11) is 0. The standard InChI is InChI=1S/C4H10N.CH2S2.Na/c1-3-5-4-2;2-1-3;/h3-4H2,1-2H3;1H,(H,2,3);/q-1;;+1. The molecule has 50 valence electrons. The third-order valence-corrected chi connectivity index (χ3v) is 0.447. The monoisotopic (exact) mass is 173 g/mol. The topological polar surface area (TPSA) is 14.1 Å². The Morgan fingerprint density at radius 1 is 1.44 bits per heavy atom. The van der Waals surface area contributed by atoms with Gasteiger partial charge < -0.3 is 5.32 Å². The SMILES string of the molecule is CC[N-]CC.S=CS.[Na+]. The number of thiocarbonyl (C=S) groups is 1. The van der Waals surface area contributed by atoms with Gasteiger partial charge in [0.2, 0.25) is 0 Å². The van der Waals surface area contributed by atoms with Gasteiger partial charge in [-0.1, -0.05) is 26.1 Å². The molecule has 0 aromatic carbocycles. The maximum absolute atomic E-state index is 4.13. The summed E-state index contributed by atoms with van der Waals surface area (Å²) in [5.41, 5.74) is 0. The summed E-state index contributed by atoms with van der Waals surface area (Å²) in [6.07, 6.45) is 0.